The molecule has 6 nitrogen and oxygen atoms in total. The molecular weight excluding hydrogens is 404 g/mol. The number of halogens is 4. The second-order valence-corrected chi connectivity index (χ2v) is 8.33. The van der Waals surface area contributed by atoms with Crippen molar-refractivity contribution in [2.45, 2.75) is 51.0 Å². The van der Waals surface area contributed by atoms with Gasteiger partial charge in [0.25, 0.3) is 17.8 Å². The molecule has 1 aliphatic carbocycles. The molecule has 1 saturated carbocycles. The van der Waals surface area contributed by atoms with Gasteiger partial charge in [-0.15, -0.1) is 0 Å². The second kappa shape index (κ2) is 6.68. The van der Waals surface area contributed by atoms with Gasteiger partial charge in [0.1, 0.15) is 17.4 Å². The van der Waals surface area contributed by atoms with Crippen molar-refractivity contribution in [1.82, 2.24) is 20.2 Å². The van der Waals surface area contributed by atoms with E-state index in [9.17, 15) is 27.2 Å². The predicted octanol–water partition coefficient (Wildman–Crippen LogP) is 3.44. The number of H-pyrrole nitrogens is 1. The van der Waals surface area contributed by atoms with Crippen molar-refractivity contribution in [1.29, 1.82) is 0 Å². The first-order valence-corrected chi connectivity index (χ1v) is 9.80. The van der Waals surface area contributed by atoms with Gasteiger partial charge < -0.3 is 15.2 Å². The van der Waals surface area contributed by atoms with Crippen LogP contribution in [-0.4, -0.2) is 51.7 Å². The van der Waals surface area contributed by atoms with Crippen molar-refractivity contribution in [3.8, 4) is 0 Å². The van der Waals surface area contributed by atoms with E-state index in [-0.39, 0.29) is 31.6 Å². The van der Waals surface area contributed by atoms with Crippen LogP contribution in [0.5, 0.6) is 0 Å². The van der Waals surface area contributed by atoms with Crippen LogP contribution >= 0.6 is 0 Å². The van der Waals surface area contributed by atoms with E-state index in [0.29, 0.717) is 17.3 Å². The van der Waals surface area contributed by atoms with E-state index in [0.717, 1.165) is 6.92 Å². The first-order valence-electron chi connectivity index (χ1n) is 9.80. The molecule has 1 saturated heterocycles. The molecule has 1 spiro atoms. The van der Waals surface area contributed by atoms with E-state index in [2.05, 4.69) is 15.3 Å². The molecule has 2 N–H and O–H groups in total. The topological polar surface area (TPSA) is 78.1 Å². The minimum atomic E-state index is -3.11. The quantitative estimate of drug-likeness (QED) is 0.719. The van der Waals surface area contributed by atoms with E-state index in [1.165, 1.54) is 23.2 Å². The lowest BCUT2D eigenvalue weighted by Gasteiger charge is -2.23. The van der Waals surface area contributed by atoms with Crippen molar-refractivity contribution in [2.24, 2.45) is 5.41 Å². The van der Waals surface area contributed by atoms with Crippen LogP contribution in [-0.2, 0) is 10.7 Å². The largest absolute Gasteiger partial charge is 0.349 e. The zero-order valence-corrected chi connectivity index (χ0v) is 16.6. The molecule has 0 radical (unpaired) electrons. The highest BCUT2D eigenvalue weighted by Gasteiger charge is 2.73. The van der Waals surface area contributed by atoms with Crippen LogP contribution in [0.15, 0.2) is 18.3 Å². The van der Waals surface area contributed by atoms with Crippen molar-refractivity contribution >= 4 is 22.7 Å². The molecule has 2 fully saturated rings. The highest BCUT2D eigenvalue weighted by atomic mass is 19.3. The van der Waals surface area contributed by atoms with Gasteiger partial charge in [0.05, 0.1) is 17.1 Å². The number of hydrogen-bond acceptors (Lipinski definition) is 3. The van der Waals surface area contributed by atoms with E-state index < -0.39 is 40.8 Å². The summed E-state index contributed by atoms with van der Waals surface area (Å²) in [7, 11) is 0. The van der Waals surface area contributed by atoms with Crippen molar-refractivity contribution in [2.75, 3.05) is 13.1 Å². The third kappa shape index (κ3) is 3.41. The van der Waals surface area contributed by atoms with E-state index in [1.807, 2.05) is 0 Å². The van der Waals surface area contributed by atoms with Gasteiger partial charge in [-0.2, -0.15) is 8.78 Å². The molecule has 2 aromatic rings. The number of fused-ring (bicyclic) bond motifs is 1. The summed E-state index contributed by atoms with van der Waals surface area (Å²) < 4.78 is 54.1. The summed E-state index contributed by atoms with van der Waals surface area (Å²) in [5, 5.41) is 3.01. The second-order valence-electron chi connectivity index (χ2n) is 8.33. The normalized spacial score (nSPS) is 23.7. The fourth-order valence-corrected chi connectivity index (χ4v) is 4.07. The maximum absolute atomic E-state index is 13.6. The Bertz CT molecular complexity index is 1020. The highest BCUT2D eigenvalue weighted by molar-refractivity contribution is 6.00. The molecule has 2 atom stereocenters. The molecule has 0 bridgehead atoms. The summed E-state index contributed by atoms with van der Waals surface area (Å²) in [5.74, 6) is -6.81. The third-order valence-electron chi connectivity index (χ3n) is 6.09. The van der Waals surface area contributed by atoms with Gasteiger partial charge in [0.2, 0.25) is 5.91 Å². The SMILES string of the molecule is CC[C@@H](NC(=O)c1cc2cc(C(C)(F)F)ncc2[nH]1)C(=O)N1CC[C@@]2(C1)CC2(F)F. The Balaban J connectivity index is 1.46. The Labute approximate surface area is 170 Å². The third-order valence-corrected chi connectivity index (χ3v) is 6.09. The van der Waals surface area contributed by atoms with Crippen molar-refractivity contribution < 1.29 is 27.2 Å². The predicted molar refractivity (Wildman–Crippen MR) is 100 cm³/mol. The molecule has 10 heteroatoms. The number of aromatic nitrogens is 2. The fourth-order valence-electron chi connectivity index (χ4n) is 4.07. The summed E-state index contributed by atoms with van der Waals surface area (Å²) in [5.41, 5.74) is -1.01. The Morgan fingerprint density at radius 3 is 2.63 bits per heavy atom. The number of rotatable bonds is 5. The molecular formula is C20H22F4N4O2. The molecule has 162 valence electrons. The Hall–Kier alpha value is -2.65. The lowest BCUT2D eigenvalue weighted by Crippen LogP contribution is -2.47. The summed E-state index contributed by atoms with van der Waals surface area (Å²) in [4.78, 5) is 33.3. The lowest BCUT2D eigenvalue weighted by molar-refractivity contribution is -0.132. The zero-order valence-electron chi connectivity index (χ0n) is 16.6. The van der Waals surface area contributed by atoms with Gasteiger partial charge in [-0.25, -0.2) is 8.78 Å². The number of carbonyl (C=O) groups is 2. The Kier molecular flexibility index (Phi) is 4.59. The monoisotopic (exact) mass is 426 g/mol. The molecule has 2 amide bonds. The Morgan fingerprint density at radius 1 is 1.37 bits per heavy atom. The van der Waals surface area contributed by atoms with Crippen LogP contribution in [0, 0.1) is 5.41 Å². The number of carbonyl (C=O) groups excluding carboxylic acids is 2. The van der Waals surface area contributed by atoms with Crippen molar-refractivity contribution in [3.63, 3.8) is 0 Å². The fraction of sp³-hybridized carbons (Fsp3) is 0.550. The van der Waals surface area contributed by atoms with Crippen LogP contribution < -0.4 is 5.32 Å². The standard InChI is InChI=1S/C20H22F4N4O2/c1-3-12(17(30)28-5-4-19(10-28)9-20(19,23)24)27-16(29)13-6-11-7-15(18(2,21)22)25-8-14(11)26-13/h6-8,12,26H,3-5,9-10H2,1-2H3,(H,27,29)/t12-,19+/m1/s1. The zero-order chi connectivity index (χ0) is 21.9. The van der Waals surface area contributed by atoms with Gasteiger partial charge >= 0.3 is 0 Å². The average molecular weight is 426 g/mol. The number of alkyl halides is 4. The maximum atomic E-state index is 13.6. The van der Waals surface area contributed by atoms with Crippen LogP contribution in [0.3, 0.4) is 0 Å². The van der Waals surface area contributed by atoms with Gasteiger partial charge in [-0.3, -0.25) is 14.6 Å². The molecule has 3 heterocycles. The van der Waals surface area contributed by atoms with Crippen LogP contribution in [0.4, 0.5) is 17.6 Å². The number of hydrogen-bond donors (Lipinski definition) is 2. The minimum Gasteiger partial charge on any atom is -0.349 e. The number of amides is 2. The van der Waals surface area contributed by atoms with Gasteiger partial charge in [0.15, 0.2) is 0 Å². The summed E-state index contributed by atoms with van der Waals surface area (Å²) in [6, 6.07) is 1.75. The number of nitrogens with one attached hydrogen (secondary N) is 2. The van der Waals surface area contributed by atoms with Crippen molar-refractivity contribution in [3.05, 3.63) is 29.7 Å². The summed E-state index contributed by atoms with van der Waals surface area (Å²) in [6.45, 7) is 2.69. The lowest BCUT2D eigenvalue weighted by atomic mass is 10.1. The number of likely N-dealkylation sites (tertiary alicyclic amines) is 1. The summed E-state index contributed by atoms with van der Waals surface area (Å²) in [6.07, 6.45) is 1.57. The van der Waals surface area contributed by atoms with Crippen LogP contribution in [0.2, 0.25) is 0 Å². The van der Waals surface area contributed by atoms with Gasteiger partial charge in [-0.1, -0.05) is 6.92 Å². The van der Waals surface area contributed by atoms with Gasteiger partial charge in [-0.05, 0) is 25.0 Å². The van der Waals surface area contributed by atoms with Crippen LogP contribution in [0.1, 0.15) is 49.3 Å². The number of nitrogens with zero attached hydrogens (tertiary/aromatic N) is 2. The number of pyridine rings is 1. The number of aromatic amines is 1. The van der Waals surface area contributed by atoms with E-state index in [1.54, 1.807) is 6.92 Å². The first-order chi connectivity index (χ1) is 14.0. The van der Waals surface area contributed by atoms with Gasteiger partial charge in [0, 0.05) is 31.8 Å². The molecule has 30 heavy (non-hydrogen) atoms. The molecule has 1 aliphatic heterocycles. The molecule has 0 aromatic carbocycles. The molecule has 2 aliphatic rings. The minimum absolute atomic E-state index is 0.00271. The highest BCUT2D eigenvalue weighted by Crippen LogP contribution is 2.65. The average Bonchev–Trinajstić information content (AvgIpc) is 3.04. The maximum Gasteiger partial charge on any atom is 0.286 e. The summed E-state index contributed by atoms with van der Waals surface area (Å²) >= 11 is 0. The van der Waals surface area contributed by atoms with E-state index >= 15 is 0 Å². The molecule has 4 rings (SSSR count). The Morgan fingerprint density at radius 2 is 2.07 bits per heavy atom. The molecule has 0 unspecified atom stereocenters. The molecule has 2 aromatic heterocycles. The smallest absolute Gasteiger partial charge is 0.286 e. The first kappa shape index (κ1) is 20.6. The van der Waals surface area contributed by atoms with Crippen LogP contribution in [0.25, 0.3) is 10.9 Å². The van der Waals surface area contributed by atoms with E-state index in [4.69, 9.17) is 0 Å².